The first-order chi connectivity index (χ1) is 12.2. The van der Waals surface area contributed by atoms with E-state index < -0.39 is 6.10 Å². The highest BCUT2D eigenvalue weighted by Crippen LogP contribution is 2.30. The van der Waals surface area contributed by atoms with E-state index in [2.05, 4.69) is 5.32 Å². The van der Waals surface area contributed by atoms with Crippen LogP contribution in [0.4, 0.5) is 5.69 Å². The number of nitrogens with two attached hydrogens (primary N) is 1. The number of rotatable bonds is 6. The molecular weight excluding hydrogens is 336 g/mol. The normalized spacial score (nSPS) is 19.6. The van der Waals surface area contributed by atoms with Crippen LogP contribution in [0.15, 0.2) is 58.3 Å². The van der Waals surface area contributed by atoms with Crippen LogP contribution in [-0.4, -0.2) is 31.8 Å². The molecule has 0 aromatic heterocycles. The number of hydrogen-bond acceptors (Lipinski definition) is 5. The Bertz CT molecular complexity index is 704. The van der Waals surface area contributed by atoms with Crippen LogP contribution in [0.5, 0.6) is 5.75 Å². The minimum atomic E-state index is -0.401. The number of amides is 1. The molecular formula is C19H22N2O3S. The number of carbonyl (C=O) groups excluding carboxylic acids is 1. The van der Waals surface area contributed by atoms with Gasteiger partial charge in [-0.3, -0.25) is 4.79 Å². The lowest BCUT2D eigenvalue weighted by Gasteiger charge is -2.13. The van der Waals surface area contributed by atoms with Crippen LogP contribution in [0.25, 0.3) is 0 Å². The molecule has 5 nitrogen and oxygen atoms in total. The number of nitrogens with one attached hydrogen (secondary N) is 1. The van der Waals surface area contributed by atoms with Gasteiger partial charge >= 0.3 is 0 Å². The molecule has 132 valence electrons. The van der Waals surface area contributed by atoms with Crippen molar-refractivity contribution in [3.63, 3.8) is 0 Å². The molecule has 0 unspecified atom stereocenters. The molecule has 2 atom stereocenters. The summed E-state index contributed by atoms with van der Waals surface area (Å²) < 4.78 is 10.8. The van der Waals surface area contributed by atoms with E-state index in [1.54, 1.807) is 18.9 Å². The molecule has 1 amide bonds. The van der Waals surface area contributed by atoms with Gasteiger partial charge in [0, 0.05) is 22.0 Å². The van der Waals surface area contributed by atoms with Crippen molar-refractivity contribution in [3.8, 4) is 5.75 Å². The molecule has 2 aromatic carbocycles. The highest BCUT2D eigenvalue weighted by molar-refractivity contribution is 7.99. The lowest BCUT2D eigenvalue weighted by molar-refractivity contribution is -0.126. The minimum absolute atomic E-state index is 0.000905. The molecule has 0 aliphatic carbocycles. The van der Waals surface area contributed by atoms with E-state index in [4.69, 9.17) is 15.2 Å². The van der Waals surface area contributed by atoms with Crippen molar-refractivity contribution in [2.24, 2.45) is 5.73 Å². The zero-order valence-corrected chi connectivity index (χ0v) is 14.9. The van der Waals surface area contributed by atoms with Gasteiger partial charge in [0.25, 0.3) is 5.91 Å². The summed E-state index contributed by atoms with van der Waals surface area (Å²) in [7, 11) is 1.65. The number of hydrogen-bond donors (Lipinski definition) is 2. The second-order valence-electron chi connectivity index (χ2n) is 5.85. The van der Waals surface area contributed by atoms with Crippen molar-refractivity contribution in [1.82, 2.24) is 0 Å². The van der Waals surface area contributed by atoms with Crippen LogP contribution < -0.4 is 15.8 Å². The van der Waals surface area contributed by atoms with Gasteiger partial charge in [-0.25, -0.2) is 0 Å². The van der Waals surface area contributed by atoms with Crippen LogP contribution in [0.1, 0.15) is 12.8 Å². The predicted octanol–water partition coefficient (Wildman–Crippen LogP) is 3.29. The standard InChI is InChI=1S/C19H22N2O3S/c1-23-14-4-9-17(10-5-14)25-16-7-2-13(3-8-16)21-19(22)18-11-6-15(12-20)24-18/h2-5,7-10,15,18H,6,11-12,20H2,1H3,(H,21,22)/t15-,18+/m1/s1. The van der Waals surface area contributed by atoms with Crippen molar-refractivity contribution in [2.75, 3.05) is 19.0 Å². The zero-order chi connectivity index (χ0) is 17.6. The Morgan fingerprint density at radius 3 is 2.36 bits per heavy atom. The van der Waals surface area contributed by atoms with Crippen molar-refractivity contribution in [2.45, 2.75) is 34.8 Å². The highest BCUT2D eigenvalue weighted by Gasteiger charge is 2.29. The third-order valence-electron chi connectivity index (χ3n) is 4.08. The molecule has 1 aliphatic heterocycles. The van der Waals surface area contributed by atoms with Crippen LogP contribution in [0.3, 0.4) is 0 Å². The Labute approximate surface area is 151 Å². The average Bonchev–Trinajstić information content (AvgIpc) is 3.13. The van der Waals surface area contributed by atoms with Gasteiger partial charge in [-0.2, -0.15) is 0 Å². The molecule has 1 fully saturated rings. The van der Waals surface area contributed by atoms with Gasteiger partial charge < -0.3 is 20.5 Å². The van der Waals surface area contributed by atoms with Gasteiger partial charge in [-0.15, -0.1) is 0 Å². The molecule has 0 spiro atoms. The first-order valence-corrected chi connectivity index (χ1v) is 9.08. The first kappa shape index (κ1) is 17.8. The van der Waals surface area contributed by atoms with E-state index >= 15 is 0 Å². The van der Waals surface area contributed by atoms with Gasteiger partial charge in [-0.05, 0) is 61.4 Å². The molecule has 1 heterocycles. The maximum Gasteiger partial charge on any atom is 0.253 e. The number of benzene rings is 2. The molecule has 1 aliphatic rings. The minimum Gasteiger partial charge on any atom is -0.497 e. The lowest BCUT2D eigenvalue weighted by atomic mass is 10.2. The molecule has 3 rings (SSSR count). The summed E-state index contributed by atoms with van der Waals surface area (Å²) >= 11 is 1.66. The summed E-state index contributed by atoms with van der Waals surface area (Å²) in [5.74, 6) is 0.736. The molecule has 3 N–H and O–H groups in total. The summed E-state index contributed by atoms with van der Waals surface area (Å²) in [4.78, 5) is 14.4. The number of anilines is 1. The van der Waals surface area contributed by atoms with E-state index in [0.717, 1.165) is 34.1 Å². The molecule has 0 bridgehead atoms. The third kappa shape index (κ3) is 4.75. The summed E-state index contributed by atoms with van der Waals surface area (Å²) in [5.41, 5.74) is 6.35. The number of methoxy groups -OCH3 is 1. The highest BCUT2D eigenvalue weighted by atomic mass is 32.2. The molecule has 25 heavy (non-hydrogen) atoms. The second-order valence-corrected chi connectivity index (χ2v) is 7.00. The first-order valence-electron chi connectivity index (χ1n) is 8.26. The Hall–Kier alpha value is -2.02. The van der Waals surface area contributed by atoms with E-state index in [1.165, 1.54) is 0 Å². The van der Waals surface area contributed by atoms with Crippen LogP contribution >= 0.6 is 11.8 Å². The van der Waals surface area contributed by atoms with Crippen molar-refractivity contribution in [3.05, 3.63) is 48.5 Å². The van der Waals surface area contributed by atoms with Gasteiger partial charge in [-0.1, -0.05) is 11.8 Å². The van der Waals surface area contributed by atoms with Crippen LogP contribution in [0, 0.1) is 0 Å². The number of ether oxygens (including phenoxy) is 2. The largest absolute Gasteiger partial charge is 0.497 e. The summed E-state index contributed by atoms with van der Waals surface area (Å²) in [5, 5.41) is 2.90. The maximum atomic E-state index is 12.2. The molecule has 2 aromatic rings. The van der Waals surface area contributed by atoms with Crippen molar-refractivity contribution in [1.29, 1.82) is 0 Å². The summed E-state index contributed by atoms with van der Waals surface area (Å²) in [6.07, 6.45) is 1.16. The van der Waals surface area contributed by atoms with Crippen molar-refractivity contribution < 1.29 is 14.3 Å². The van der Waals surface area contributed by atoms with Gasteiger partial charge in [0.1, 0.15) is 11.9 Å². The fourth-order valence-corrected chi connectivity index (χ4v) is 3.50. The zero-order valence-electron chi connectivity index (χ0n) is 14.1. The Morgan fingerprint density at radius 1 is 1.16 bits per heavy atom. The topological polar surface area (TPSA) is 73.6 Å². The molecule has 6 heteroatoms. The molecule has 0 saturated carbocycles. The van der Waals surface area contributed by atoms with Gasteiger partial charge in [0.2, 0.25) is 0 Å². The maximum absolute atomic E-state index is 12.2. The fraction of sp³-hybridized carbons (Fsp3) is 0.316. The average molecular weight is 358 g/mol. The fourth-order valence-electron chi connectivity index (χ4n) is 2.68. The lowest BCUT2D eigenvalue weighted by Crippen LogP contribution is -2.29. The Kier molecular flexibility index (Phi) is 5.96. The van der Waals surface area contributed by atoms with E-state index in [0.29, 0.717) is 6.54 Å². The third-order valence-corrected chi connectivity index (χ3v) is 5.10. The Morgan fingerprint density at radius 2 is 1.80 bits per heavy atom. The number of carbonyl (C=O) groups is 1. The Balaban J connectivity index is 1.55. The van der Waals surface area contributed by atoms with Crippen LogP contribution in [0.2, 0.25) is 0 Å². The van der Waals surface area contributed by atoms with E-state index in [-0.39, 0.29) is 12.0 Å². The molecule has 0 radical (unpaired) electrons. The quantitative estimate of drug-likeness (QED) is 0.829. The monoisotopic (exact) mass is 358 g/mol. The smallest absolute Gasteiger partial charge is 0.253 e. The van der Waals surface area contributed by atoms with E-state index in [1.807, 2.05) is 48.5 Å². The van der Waals surface area contributed by atoms with Gasteiger partial charge in [0.15, 0.2) is 0 Å². The summed E-state index contributed by atoms with van der Waals surface area (Å²) in [6, 6.07) is 15.7. The SMILES string of the molecule is COc1ccc(Sc2ccc(NC(=O)[C@@H]3CC[C@H](CN)O3)cc2)cc1. The second kappa shape index (κ2) is 8.38. The van der Waals surface area contributed by atoms with Crippen LogP contribution in [-0.2, 0) is 9.53 Å². The molecule has 1 saturated heterocycles. The van der Waals surface area contributed by atoms with Gasteiger partial charge in [0.05, 0.1) is 13.2 Å². The van der Waals surface area contributed by atoms with E-state index in [9.17, 15) is 4.79 Å². The van der Waals surface area contributed by atoms with Crippen molar-refractivity contribution >= 4 is 23.4 Å². The summed E-state index contributed by atoms with van der Waals surface area (Å²) in [6.45, 7) is 0.459. The predicted molar refractivity (Wildman–Crippen MR) is 99.1 cm³/mol.